The van der Waals surface area contributed by atoms with Crippen molar-refractivity contribution in [3.63, 3.8) is 0 Å². The Bertz CT molecular complexity index is 605. The molecule has 2 N–H and O–H groups in total. The molecule has 0 atom stereocenters. The molecule has 0 saturated carbocycles. The highest BCUT2D eigenvalue weighted by atomic mass is 16.2. The van der Waals surface area contributed by atoms with Gasteiger partial charge in [0, 0.05) is 18.4 Å². The molecule has 3 heteroatoms. The van der Waals surface area contributed by atoms with E-state index in [1.54, 1.807) is 18.0 Å². The summed E-state index contributed by atoms with van der Waals surface area (Å²) in [5.74, 6) is 0.0364. The number of nitrogen functional groups attached to an aromatic ring is 1. The highest BCUT2D eigenvalue weighted by molar-refractivity contribution is 6.00. The molecule has 0 heterocycles. The second kappa shape index (κ2) is 5.37. The zero-order valence-corrected chi connectivity index (χ0v) is 12.1. The van der Waals surface area contributed by atoms with E-state index in [-0.39, 0.29) is 5.91 Å². The highest BCUT2D eigenvalue weighted by Gasteiger charge is 2.32. The van der Waals surface area contributed by atoms with E-state index in [9.17, 15) is 4.79 Å². The van der Waals surface area contributed by atoms with Gasteiger partial charge in [-0.05, 0) is 37.6 Å². The molecule has 104 valence electrons. The average Bonchev–Trinajstić information content (AvgIpc) is 2.46. The molecule has 0 aliphatic heterocycles. The maximum atomic E-state index is 12.8. The summed E-state index contributed by atoms with van der Waals surface area (Å²) >= 11 is 0. The molecule has 0 aliphatic carbocycles. The van der Waals surface area contributed by atoms with Crippen molar-refractivity contribution in [2.75, 3.05) is 17.7 Å². The van der Waals surface area contributed by atoms with E-state index in [1.165, 1.54) is 0 Å². The Labute approximate surface area is 120 Å². The lowest BCUT2D eigenvalue weighted by Gasteiger charge is -2.30. The first kappa shape index (κ1) is 14.1. The third-order valence-electron chi connectivity index (χ3n) is 3.59. The molecular weight excluding hydrogens is 248 g/mol. The SMILES string of the molecule is CN(C(=O)C(C)(C)c1ccccc1)c1cccc(N)c1. The molecule has 2 rings (SSSR count). The fourth-order valence-corrected chi connectivity index (χ4v) is 2.25. The Morgan fingerprint density at radius 2 is 1.70 bits per heavy atom. The van der Waals surface area contributed by atoms with E-state index in [0.717, 1.165) is 11.3 Å². The van der Waals surface area contributed by atoms with Crippen LogP contribution in [-0.2, 0) is 10.2 Å². The van der Waals surface area contributed by atoms with Crippen LogP contribution in [0.5, 0.6) is 0 Å². The molecule has 0 bridgehead atoms. The van der Waals surface area contributed by atoms with Crippen LogP contribution in [0.1, 0.15) is 19.4 Å². The van der Waals surface area contributed by atoms with Crippen molar-refractivity contribution in [1.82, 2.24) is 0 Å². The van der Waals surface area contributed by atoms with Crippen LogP contribution in [0.2, 0.25) is 0 Å². The summed E-state index contributed by atoms with van der Waals surface area (Å²) in [6.07, 6.45) is 0. The van der Waals surface area contributed by atoms with Crippen LogP contribution < -0.4 is 10.6 Å². The van der Waals surface area contributed by atoms with Gasteiger partial charge in [0.1, 0.15) is 0 Å². The lowest BCUT2D eigenvalue weighted by Crippen LogP contribution is -2.41. The molecule has 1 amide bonds. The predicted molar refractivity (Wildman–Crippen MR) is 83.7 cm³/mol. The third-order valence-corrected chi connectivity index (χ3v) is 3.59. The van der Waals surface area contributed by atoms with Gasteiger partial charge < -0.3 is 10.6 Å². The monoisotopic (exact) mass is 268 g/mol. The number of amides is 1. The summed E-state index contributed by atoms with van der Waals surface area (Å²) in [6, 6.07) is 17.2. The van der Waals surface area contributed by atoms with Gasteiger partial charge in [-0.15, -0.1) is 0 Å². The predicted octanol–water partition coefficient (Wildman–Crippen LogP) is 3.21. The van der Waals surface area contributed by atoms with E-state index in [1.807, 2.05) is 62.4 Å². The lowest BCUT2D eigenvalue weighted by molar-refractivity contribution is -0.122. The number of anilines is 2. The number of rotatable bonds is 3. The number of carbonyl (C=O) groups excluding carboxylic acids is 1. The number of carbonyl (C=O) groups is 1. The molecule has 0 saturated heterocycles. The summed E-state index contributed by atoms with van der Waals surface area (Å²) < 4.78 is 0. The standard InChI is InChI=1S/C17H20N2O/c1-17(2,13-8-5-4-6-9-13)16(20)19(3)15-11-7-10-14(18)12-15/h4-12H,18H2,1-3H3. The van der Waals surface area contributed by atoms with Gasteiger partial charge in [0.05, 0.1) is 5.41 Å². The van der Waals surface area contributed by atoms with Crippen molar-refractivity contribution in [2.24, 2.45) is 0 Å². The molecule has 20 heavy (non-hydrogen) atoms. The van der Waals surface area contributed by atoms with Gasteiger partial charge in [0.2, 0.25) is 5.91 Å². The van der Waals surface area contributed by atoms with Crippen LogP contribution in [0, 0.1) is 0 Å². The van der Waals surface area contributed by atoms with Gasteiger partial charge in [-0.25, -0.2) is 0 Å². The minimum absolute atomic E-state index is 0.0364. The molecule has 2 aromatic carbocycles. The van der Waals surface area contributed by atoms with Crippen LogP contribution >= 0.6 is 0 Å². The van der Waals surface area contributed by atoms with Crippen molar-refractivity contribution in [2.45, 2.75) is 19.3 Å². The fourth-order valence-electron chi connectivity index (χ4n) is 2.25. The number of hydrogen-bond acceptors (Lipinski definition) is 2. The summed E-state index contributed by atoms with van der Waals surface area (Å²) in [5.41, 5.74) is 7.65. The zero-order chi connectivity index (χ0) is 14.8. The summed E-state index contributed by atoms with van der Waals surface area (Å²) in [5, 5.41) is 0. The van der Waals surface area contributed by atoms with Gasteiger partial charge >= 0.3 is 0 Å². The van der Waals surface area contributed by atoms with Gasteiger partial charge in [-0.2, -0.15) is 0 Å². The van der Waals surface area contributed by atoms with Crippen LogP contribution in [0.4, 0.5) is 11.4 Å². The Morgan fingerprint density at radius 3 is 2.30 bits per heavy atom. The molecule has 0 aliphatic rings. The first-order chi connectivity index (χ1) is 9.43. The summed E-state index contributed by atoms with van der Waals surface area (Å²) in [7, 11) is 1.78. The normalized spacial score (nSPS) is 11.2. The Balaban J connectivity index is 2.31. The highest BCUT2D eigenvalue weighted by Crippen LogP contribution is 2.28. The number of benzene rings is 2. The topological polar surface area (TPSA) is 46.3 Å². The maximum absolute atomic E-state index is 12.8. The average molecular weight is 268 g/mol. The van der Waals surface area contributed by atoms with Crippen molar-refractivity contribution in [3.05, 3.63) is 60.2 Å². The maximum Gasteiger partial charge on any atom is 0.236 e. The minimum atomic E-state index is -0.583. The van der Waals surface area contributed by atoms with Gasteiger partial charge in [-0.1, -0.05) is 36.4 Å². The first-order valence-electron chi connectivity index (χ1n) is 6.62. The molecular formula is C17H20N2O. The minimum Gasteiger partial charge on any atom is -0.399 e. The molecule has 0 unspecified atom stereocenters. The van der Waals surface area contributed by atoms with Crippen molar-refractivity contribution in [3.8, 4) is 0 Å². The second-order valence-corrected chi connectivity index (χ2v) is 5.45. The number of nitrogens with two attached hydrogens (primary N) is 1. The van der Waals surface area contributed by atoms with Crippen LogP contribution in [0.3, 0.4) is 0 Å². The van der Waals surface area contributed by atoms with E-state index < -0.39 is 5.41 Å². The van der Waals surface area contributed by atoms with Gasteiger partial charge in [-0.3, -0.25) is 4.79 Å². The van der Waals surface area contributed by atoms with Crippen molar-refractivity contribution in [1.29, 1.82) is 0 Å². The van der Waals surface area contributed by atoms with E-state index in [4.69, 9.17) is 5.73 Å². The first-order valence-corrected chi connectivity index (χ1v) is 6.62. The quantitative estimate of drug-likeness (QED) is 0.869. The Morgan fingerprint density at radius 1 is 1.05 bits per heavy atom. The Kier molecular flexibility index (Phi) is 3.79. The van der Waals surface area contributed by atoms with Gasteiger partial charge in [0.15, 0.2) is 0 Å². The smallest absolute Gasteiger partial charge is 0.236 e. The Hall–Kier alpha value is -2.29. The van der Waals surface area contributed by atoms with Crippen molar-refractivity contribution < 1.29 is 4.79 Å². The molecule has 0 spiro atoms. The molecule has 0 aromatic heterocycles. The summed E-state index contributed by atoms with van der Waals surface area (Å²) in [4.78, 5) is 14.4. The third kappa shape index (κ3) is 2.67. The van der Waals surface area contributed by atoms with Crippen LogP contribution in [0.25, 0.3) is 0 Å². The second-order valence-electron chi connectivity index (χ2n) is 5.45. The largest absolute Gasteiger partial charge is 0.399 e. The number of likely N-dealkylation sites (N-methyl/N-ethyl adjacent to an activating group) is 1. The van der Waals surface area contributed by atoms with Crippen LogP contribution in [0.15, 0.2) is 54.6 Å². The molecule has 0 radical (unpaired) electrons. The van der Waals surface area contributed by atoms with E-state index in [0.29, 0.717) is 5.69 Å². The zero-order valence-electron chi connectivity index (χ0n) is 12.1. The van der Waals surface area contributed by atoms with Crippen molar-refractivity contribution >= 4 is 17.3 Å². The molecule has 0 fully saturated rings. The lowest BCUT2D eigenvalue weighted by atomic mass is 9.83. The summed E-state index contributed by atoms with van der Waals surface area (Å²) in [6.45, 7) is 3.88. The van der Waals surface area contributed by atoms with E-state index >= 15 is 0 Å². The van der Waals surface area contributed by atoms with Gasteiger partial charge in [0.25, 0.3) is 0 Å². The molecule has 3 nitrogen and oxygen atoms in total. The van der Waals surface area contributed by atoms with E-state index in [2.05, 4.69) is 0 Å². The fraction of sp³-hybridized carbons (Fsp3) is 0.235. The molecule has 2 aromatic rings. The van der Waals surface area contributed by atoms with Crippen LogP contribution in [-0.4, -0.2) is 13.0 Å². The number of nitrogens with zero attached hydrogens (tertiary/aromatic N) is 1. The number of hydrogen-bond donors (Lipinski definition) is 1.